The molecule has 2 heterocycles. The SMILES string of the molecule is Cc1cc(C(C)N[S@+]([O-])C(C)(C)C)c2nc(-c3cccc4ncsc34)n(C)c(=O)c2c1. The smallest absolute Gasteiger partial charge is 0.261 e. The van der Waals surface area contributed by atoms with Crippen LogP contribution in [-0.2, 0) is 18.4 Å². The first kappa shape index (κ1) is 22.0. The largest absolute Gasteiger partial charge is 0.598 e. The van der Waals surface area contributed by atoms with Crippen LogP contribution in [-0.4, -0.2) is 23.8 Å². The van der Waals surface area contributed by atoms with Crippen LogP contribution in [0.5, 0.6) is 0 Å². The number of nitrogens with zero attached hydrogens (tertiary/aromatic N) is 3. The van der Waals surface area contributed by atoms with Crippen molar-refractivity contribution in [1.82, 2.24) is 19.3 Å². The van der Waals surface area contributed by atoms with Crippen molar-refractivity contribution in [2.75, 3.05) is 0 Å². The highest BCUT2D eigenvalue weighted by Gasteiger charge is 2.29. The maximum absolute atomic E-state index is 13.3. The number of hydrogen-bond donors (Lipinski definition) is 1. The van der Waals surface area contributed by atoms with Crippen LogP contribution in [0.3, 0.4) is 0 Å². The van der Waals surface area contributed by atoms with Crippen LogP contribution in [0.4, 0.5) is 0 Å². The predicted octanol–water partition coefficient (Wildman–Crippen LogP) is 4.63. The van der Waals surface area contributed by atoms with E-state index in [0.717, 1.165) is 26.9 Å². The number of hydrogen-bond acceptors (Lipinski definition) is 6. The summed E-state index contributed by atoms with van der Waals surface area (Å²) < 4.78 is 18.1. The van der Waals surface area contributed by atoms with Crippen molar-refractivity contribution in [1.29, 1.82) is 0 Å². The molecule has 4 aromatic rings. The average molecular weight is 455 g/mol. The zero-order chi connectivity index (χ0) is 22.5. The van der Waals surface area contributed by atoms with Gasteiger partial charge in [0.15, 0.2) is 0 Å². The Hall–Kier alpha value is -2.26. The normalized spacial score (nSPS) is 14.3. The lowest BCUT2D eigenvalue weighted by atomic mass is 10.0. The highest BCUT2D eigenvalue weighted by Crippen LogP contribution is 2.32. The molecule has 1 N–H and O–H groups in total. The second kappa shape index (κ2) is 8.02. The standard InChI is InChI=1S/C23H26N4O2S2/c1-13-10-16(14(2)26-31(29)23(3,4)5)19-17(11-13)22(28)27(6)21(25-19)15-8-7-9-18-20(15)30-12-24-18/h7-12,14,26H,1-6H3/t14?,31-/m1/s1. The van der Waals surface area contributed by atoms with Gasteiger partial charge in [-0.25, -0.2) is 9.97 Å². The monoisotopic (exact) mass is 454 g/mol. The Labute approximate surface area is 188 Å². The van der Waals surface area contributed by atoms with Crippen molar-refractivity contribution >= 4 is 43.8 Å². The Morgan fingerprint density at radius 1 is 1.26 bits per heavy atom. The molecule has 2 aromatic heterocycles. The third-order valence-corrected chi connectivity index (χ3v) is 7.81. The van der Waals surface area contributed by atoms with E-state index in [1.54, 1.807) is 17.1 Å². The molecule has 31 heavy (non-hydrogen) atoms. The molecule has 0 bridgehead atoms. The molecule has 1 unspecified atom stereocenters. The van der Waals surface area contributed by atoms with Gasteiger partial charge in [0.05, 0.1) is 32.7 Å². The third-order valence-electron chi connectivity index (χ3n) is 5.26. The summed E-state index contributed by atoms with van der Waals surface area (Å²) in [5, 5.41) is 0.563. The van der Waals surface area contributed by atoms with E-state index in [4.69, 9.17) is 4.98 Å². The van der Waals surface area contributed by atoms with Gasteiger partial charge in [0.25, 0.3) is 5.56 Å². The minimum absolute atomic E-state index is 0.101. The number of fused-ring (bicyclic) bond motifs is 2. The Balaban J connectivity index is 1.95. The van der Waals surface area contributed by atoms with Gasteiger partial charge < -0.3 is 4.55 Å². The first-order chi connectivity index (χ1) is 14.6. The van der Waals surface area contributed by atoms with E-state index in [9.17, 15) is 9.35 Å². The fraction of sp³-hybridized carbons (Fsp3) is 0.348. The van der Waals surface area contributed by atoms with Crippen molar-refractivity contribution < 1.29 is 4.55 Å². The van der Waals surface area contributed by atoms with E-state index in [-0.39, 0.29) is 11.6 Å². The molecule has 0 fully saturated rings. The fourth-order valence-electron chi connectivity index (χ4n) is 3.59. The van der Waals surface area contributed by atoms with E-state index >= 15 is 0 Å². The van der Waals surface area contributed by atoms with E-state index in [2.05, 4.69) is 9.71 Å². The molecule has 0 saturated carbocycles. The molecule has 2 aromatic carbocycles. The van der Waals surface area contributed by atoms with Crippen LogP contribution in [0.2, 0.25) is 0 Å². The topological polar surface area (TPSA) is 82.9 Å². The van der Waals surface area contributed by atoms with Crippen LogP contribution >= 0.6 is 11.3 Å². The molecule has 162 valence electrons. The van der Waals surface area contributed by atoms with Crippen LogP contribution in [0.25, 0.3) is 32.5 Å². The minimum Gasteiger partial charge on any atom is -0.598 e. The van der Waals surface area contributed by atoms with Gasteiger partial charge in [-0.2, -0.15) is 0 Å². The molecule has 6 nitrogen and oxygen atoms in total. The molecule has 0 aliphatic heterocycles. The number of nitrogens with one attached hydrogen (secondary N) is 1. The fourth-order valence-corrected chi connectivity index (χ4v) is 5.19. The van der Waals surface area contributed by atoms with E-state index in [1.165, 1.54) is 11.3 Å². The van der Waals surface area contributed by atoms with Crippen molar-refractivity contribution in [3.63, 3.8) is 0 Å². The summed E-state index contributed by atoms with van der Waals surface area (Å²) in [4.78, 5) is 22.7. The quantitative estimate of drug-likeness (QED) is 0.455. The Bertz CT molecular complexity index is 1340. The zero-order valence-electron chi connectivity index (χ0n) is 18.5. The number of benzene rings is 2. The van der Waals surface area contributed by atoms with Crippen molar-refractivity contribution in [3.05, 3.63) is 57.3 Å². The van der Waals surface area contributed by atoms with Gasteiger partial charge in [-0.15, -0.1) is 16.1 Å². The Morgan fingerprint density at radius 3 is 2.71 bits per heavy atom. The molecule has 2 atom stereocenters. The lowest BCUT2D eigenvalue weighted by Crippen LogP contribution is -2.40. The van der Waals surface area contributed by atoms with Gasteiger partial charge in [-0.1, -0.05) is 12.1 Å². The molecule has 0 aliphatic rings. The van der Waals surface area contributed by atoms with Crippen molar-refractivity contribution in [2.24, 2.45) is 7.05 Å². The summed E-state index contributed by atoms with van der Waals surface area (Å²) in [6.45, 7) is 9.71. The second-order valence-corrected chi connectivity index (χ2v) is 11.6. The van der Waals surface area contributed by atoms with E-state index in [0.29, 0.717) is 16.7 Å². The Morgan fingerprint density at radius 2 is 2.00 bits per heavy atom. The lowest BCUT2D eigenvalue weighted by molar-refractivity contribution is 0.531. The molecule has 0 spiro atoms. The minimum atomic E-state index is -1.25. The van der Waals surface area contributed by atoms with Gasteiger partial charge in [-0.3, -0.25) is 9.36 Å². The van der Waals surface area contributed by atoms with Gasteiger partial charge >= 0.3 is 0 Å². The number of aromatic nitrogens is 3. The number of rotatable bonds is 4. The molecule has 0 aliphatic carbocycles. The van der Waals surface area contributed by atoms with Crippen LogP contribution < -0.4 is 10.3 Å². The number of aryl methyl sites for hydroxylation is 1. The zero-order valence-corrected chi connectivity index (χ0v) is 20.1. The Kier molecular flexibility index (Phi) is 5.68. The van der Waals surface area contributed by atoms with E-state index < -0.39 is 16.1 Å². The van der Waals surface area contributed by atoms with Gasteiger partial charge in [-0.05, 0) is 58.4 Å². The molecule has 8 heteroatoms. The summed E-state index contributed by atoms with van der Waals surface area (Å²) in [5.41, 5.74) is 5.93. The van der Waals surface area contributed by atoms with Crippen molar-refractivity contribution in [3.8, 4) is 11.4 Å². The third kappa shape index (κ3) is 4.01. The summed E-state index contributed by atoms with van der Waals surface area (Å²) >= 11 is 0.284. The number of thiazole rings is 1. The molecule has 0 radical (unpaired) electrons. The second-order valence-electron chi connectivity index (χ2n) is 8.78. The first-order valence-electron chi connectivity index (χ1n) is 10.1. The molecular weight excluding hydrogens is 428 g/mol. The van der Waals surface area contributed by atoms with Gasteiger partial charge in [0.1, 0.15) is 10.6 Å². The maximum atomic E-state index is 13.3. The predicted molar refractivity (Wildman–Crippen MR) is 130 cm³/mol. The van der Waals surface area contributed by atoms with Crippen LogP contribution in [0, 0.1) is 6.92 Å². The summed E-state index contributed by atoms with van der Waals surface area (Å²) in [6.07, 6.45) is 0. The highest BCUT2D eigenvalue weighted by molar-refractivity contribution is 7.90. The van der Waals surface area contributed by atoms with Crippen molar-refractivity contribution in [2.45, 2.75) is 45.4 Å². The van der Waals surface area contributed by atoms with Gasteiger partial charge in [0, 0.05) is 29.5 Å². The maximum Gasteiger partial charge on any atom is 0.261 e. The molecular formula is C23H26N4O2S2. The first-order valence-corrected chi connectivity index (χ1v) is 12.1. The van der Waals surface area contributed by atoms with Crippen LogP contribution in [0.15, 0.2) is 40.6 Å². The summed E-state index contributed by atoms with van der Waals surface area (Å²) in [7, 11) is 1.75. The summed E-state index contributed by atoms with van der Waals surface area (Å²) in [5.74, 6) is 0.599. The highest BCUT2D eigenvalue weighted by atomic mass is 32.2. The lowest BCUT2D eigenvalue weighted by Gasteiger charge is -2.27. The van der Waals surface area contributed by atoms with Gasteiger partial charge in [0.2, 0.25) is 0 Å². The van der Waals surface area contributed by atoms with E-state index in [1.807, 2.05) is 65.0 Å². The average Bonchev–Trinajstić information content (AvgIpc) is 3.18. The summed E-state index contributed by atoms with van der Waals surface area (Å²) in [6, 6.07) is 9.51. The molecule has 0 amide bonds. The van der Waals surface area contributed by atoms with Crippen LogP contribution in [0.1, 0.15) is 44.9 Å². The molecule has 4 rings (SSSR count). The molecule has 0 saturated heterocycles.